The minimum Gasteiger partial charge on any atom is -0.468 e. The smallest absolute Gasteiger partial charge is 0.121 e. The van der Waals surface area contributed by atoms with Gasteiger partial charge in [-0.1, -0.05) is 12.1 Å². The van der Waals surface area contributed by atoms with E-state index in [4.69, 9.17) is 4.42 Å². The lowest BCUT2D eigenvalue weighted by Gasteiger charge is -2.23. The van der Waals surface area contributed by atoms with Crippen molar-refractivity contribution in [3.8, 4) is 0 Å². The highest BCUT2D eigenvalue weighted by molar-refractivity contribution is 5.74. The van der Waals surface area contributed by atoms with Gasteiger partial charge in [-0.15, -0.1) is 0 Å². The van der Waals surface area contributed by atoms with Crippen LogP contribution in [0.3, 0.4) is 0 Å². The summed E-state index contributed by atoms with van der Waals surface area (Å²) in [5.41, 5.74) is 3.96. The molecule has 0 unspecified atom stereocenters. The highest BCUT2D eigenvalue weighted by Gasteiger charge is 2.17. The Hall–Kier alpha value is -2.90. The number of aromatic nitrogens is 4. The molecule has 0 saturated carbocycles. The van der Waals surface area contributed by atoms with Crippen molar-refractivity contribution >= 4 is 11.0 Å². The van der Waals surface area contributed by atoms with Gasteiger partial charge in [0.2, 0.25) is 0 Å². The van der Waals surface area contributed by atoms with Crippen LogP contribution in [-0.4, -0.2) is 42.4 Å². The number of aryl methyl sites for hydroxylation is 2. The Morgan fingerprint density at radius 2 is 2.04 bits per heavy atom. The van der Waals surface area contributed by atoms with E-state index < -0.39 is 6.10 Å². The molecule has 0 aliphatic rings. The Bertz CT molecular complexity index is 1000. The van der Waals surface area contributed by atoms with Crippen molar-refractivity contribution in [1.29, 1.82) is 0 Å². The van der Waals surface area contributed by atoms with Crippen LogP contribution in [0.5, 0.6) is 0 Å². The average Bonchev–Trinajstić information content (AvgIpc) is 3.35. The number of hydrogen-bond donors (Lipinski definition) is 2. The number of rotatable bonds is 8. The van der Waals surface area contributed by atoms with E-state index in [2.05, 4.69) is 20.0 Å². The molecule has 2 N–H and O–H groups in total. The number of H-pyrrole nitrogens is 1. The number of nitrogens with zero attached hydrogens (tertiary/aromatic N) is 4. The summed E-state index contributed by atoms with van der Waals surface area (Å²) >= 11 is 0. The predicted octanol–water partition coefficient (Wildman–Crippen LogP) is 3.03. The van der Waals surface area contributed by atoms with Gasteiger partial charge in [0.05, 0.1) is 48.7 Å². The molecule has 0 radical (unpaired) electrons. The first-order chi connectivity index (χ1) is 13.6. The summed E-state index contributed by atoms with van der Waals surface area (Å²) in [5.74, 6) is 1.72. The molecule has 0 spiro atoms. The fraction of sp³-hybridized carbons (Fsp3) is 0.333. The SMILES string of the molecule is Cc1cc(C)n(C[C@@H](O)CN(Cc2nc3ccccc3[nH]2)Cc2ccco2)n1. The van der Waals surface area contributed by atoms with Crippen molar-refractivity contribution in [1.82, 2.24) is 24.6 Å². The van der Waals surface area contributed by atoms with E-state index in [1.165, 1.54) is 0 Å². The summed E-state index contributed by atoms with van der Waals surface area (Å²) in [6.07, 6.45) is 1.11. The highest BCUT2D eigenvalue weighted by atomic mass is 16.3. The molecule has 0 aliphatic heterocycles. The van der Waals surface area contributed by atoms with Gasteiger partial charge in [0.15, 0.2) is 0 Å². The zero-order valence-electron chi connectivity index (χ0n) is 16.2. The van der Waals surface area contributed by atoms with E-state index >= 15 is 0 Å². The number of furan rings is 1. The standard InChI is InChI=1S/C21H25N5O2/c1-15-10-16(2)26(24-15)12-17(27)11-25(13-18-6-5-9-28-18)14-21-22-19-7-3-4-8-20(19)23-21/h3-10,17,27H,11-14H2,1-2H3,(H,22,23)/t17-/m0/s1. The van der Waals surface area contributed by atoms with Gasteiger partial charge in [-0.2, -0.15) is 5.10 Å². The second-order valence-corrected chi connectivity index (χ2v) is 7.21. The molecule has 0 amide bonds. The van der Waals surface area contributed by atoms with Crippen LogP contribution in [0.25, 0.3) is 11.0 Å². The van der Waals surface area contributed by atoms with Gasteiger partial charge in [-0.3, -0.25) is 9.58 Å². The lowest BCUT2D eigenvalue weighted by Crippen LogP contribution is -2.34. The number of imidazole rings is 1. The maximum atomic E-state index is 10.7. The fourth-order valence-corrected chi connectivity index (χ4v) is 3.52. The van der Waals surface area contributed by atoms with E-state index in [9.17, 15) is 5.11 Å². The van der Waals surface area contributed by atoms with Crippen LogP contribution in [0.2, 0.25) is 0 Å². The minimum atomic E-state index is -0.558. The Morgan fingerprint density at radius 3 is 2.75 bits per heavy atom. The molecule has 1 atom stereocenters. The van der Waals surface area contributed by atoms with Crippen LogP contribution >= 0.6 is 0 Å². The van der Waals surface area contributed by atoms with Crippen molar-refractivity contribution in [2.24, 2.45) is 0 Å². The van der Waals surface area contributed by atoms with Crippen LogP contribution in [0.15, 0.2) is 53.1 Å². The monoisotopic (exact) mass is 379 g/mol. The molecule has 0 aliphatic carbocycles. The average molecular weight is 379 g/mol. The number of aromatic amines is 1. The van der Waals surface area contributed by atoms with Crippen molar-refractivity contribution in [2.75, 3.05) is 6.54 Å². The minimum absolute atomic E-state index is 0.453. The molecule has 146 valence electrons. The van der Waals surface area contributed by atoms with E-state index in [1.54, 1.807) is 6.26 Å². The Kier molecular flexibility index (Phi) is 5.27. The van der Waals surface area contributed by atoms with Crippen molar-refractivity contribution in [3.63, 3.8) is 0 Å². The molecule has 4 rings (SSSR count). The molecule has 0 fully saturated rings. The third-order valence-electron chi connectivity index (χ3n) is 4.73. The first-order valence-corrected chi connectivity index (χ1v) is 9.44. The van der Waals surface area contributed by atoms with Gasteiger partial charge in [-0.25, -0.2) is 4.98 Å². The fourth-order valence-electron chi connectivity index (χ4n) is 3.52. The quantitative estimate of drug-likeness (QED) is 0.492. The summed E-state index contributed by atoms with van der Waals surface area (Å²) in [6.45, 7) is 6.08. The molecular formula is C21H25N5O2. The molecule has 1 aromatic carbocycles. The lowest BCUT2D eigenvalue weighted by molar-refractivity contribution is 0.0828. The number of benzene rings is 1. The molecule has 3 aromatic heterocycles. The van der Waals surface area contributed by atoms with Gasteiger partial charge in [0, 0.05) is 12.2 Å². The van der Waals surface area contributed by atoms with E-state index in [0.717, 1.165) is 34.0 Å². The second-order valence-electron chi connectivity index (χ2n) is 7.21. The third kappa shape index (κ3) is 4.32. The van der Waals surface area contributed by atoms with Crippen LogP contribution in [0.4, 0.5) is 0 Å². The first kappa shape index (κ1) is 18.5. The normalized spacial score (nSPS) is 12.9. The van der Waals surface area contributed by atoms with Crippen molar-refractivity contribution in [2.45, 2.75) is 39.6 Å². The predicted molar refractivity (Wildman–Crippen MR) is 107 cm³/mol. The first-order valence-electron chi connectivity index (χ1n) is 9.44. The number of nitrogens with one attached hydrogen (secondary N) is 1. The molecule has 0 bridgehead atoms. The molecular weight excluding hydrogens is 354 g/mol. The Labute approximate surface area is 163 Å². The number of fused-ring (bicyclic) bond motifs is 1. The molecule has 3 heterocycles. The van der Waals surface area contributed by atoms with E-state index in [1.807, 2.05) is 61.0 Å². The Balaban J connectivity index is 1.48. The Morgan fingerprint density at radius 1 is 1.18 bits per heavy atom. The van der Waals surface area contributed by atoms with E-state index in [0.29, 0.717) is 26.2 Å². The summed E-state index contributed by atoms with van der Waals surface area (Å²) in [7, 11) is 0. The summed E-state index contributed by atoms with van der Waals surface area (Å²) in [4.78, 5) is 10.2. The molecule has 4 aromatic rings. The zero-order chi connectivity index (χ0) is 19.5. The number of aliphatic hydroxyl groups excluding tert-OH is 1. The summed E-state index contributed by atoms with van der Waals surface area (Å²) in [5, 5.41) is 15.1. The largest absolute Gasteiger partial charge is 0.468 e. The van der Waals surface area contributed by atoms with Crippen LogP contribution < -0.4 is 0 Å². The van der Waals surface area contributed by atoms with Crippen LogP contribution in [-0.2, 0) is 19.6 Å². The number of hydrogen-bond acceptors (Lipinski definition) is 5. The molecule has 7 heteroatoms. The van der Waals surface area contributed by atoms with Crippen molar-refractivity contribution in [3.05, 3.63) is 71.7 Å². The lowest BCUT2D eigenvalue weighted by atomic mass is 10.3. The number of aliphatic hydroxyl groups is 1. The second kappa shape index (κ2) is 8.00. The van der Waals surface area contributed by atoms with Crippen LogP contribution in [0, 0.1) is 13.8 Å². The molecule has 0 saturated heterocycles. The van der Waals surface area contributed by atoms with Gasteiger partial charge < -0.3 is 14.5 Å². The summed E-state index contributed by atoms with van der Waals surface area (Å²) < 4.78 is 7.36. The van der Waals surface area contributed by atoms with Gasteiger partial charge in [0.25, 0.3) is 0 Å². The van der Waals surface area contributed by atoms with Gasteiger partial charge in [0.1, 0.15) is 11.6 Å². The topological polar surface area (TPSA) is 83.1 Å². The molecule has 28 heavy (non-hydrogen) atoms. The summed E-state index contributed by atoms with van der Waals surface area (Å²) in [6, 6.07) is 13.8. The van der Waals surface area contributed by atoms with Crippen LogP contribution in [0.1, 0.15) is 23.0 Å². The highest BCUT2D eigenvalue weighted by Crippen LogP contribution is 2.15. The third-order valence-corrected chi connectivity index (χ3v) is 4.73. The molecule has 7 nitrogen and oxygen atoms in total. The van der Waals surface area contributed by atoms with Gasteiger partial charge >= 0.3 is 0 Å². The van der Waals surface area contributed by atoms with E-state index in [-0.39, 0.29) is 0 Å². The maximum absolute atomic E-state index is 10.7. The van der Waals surface area contributed by atoms with Gasteiger partial charge in [-0.05, 0) is 44.2 Å². The van der Waals surface area contributed by atoms with Crippen molar-refractivity contribution < 1.29 is 9.52 Å². The number of para-hydroxylation sites is 2. The maximum Gasteiger partial charge on any atom is 0.121 e. The zero-order valence-corrected chi connectivity index (χ0v) is 16.2.